The highest BCUT2D eigenvalue weighted by atomic mass is 16.5. The quantitative estimate of drug-likeness (QED) is 0.573. The van der Waals surface area contributed by atoms with E-state index in [1.807, 2.05) is 6.08 Å². The summed E-state index contributed by atoms with van der Waals surface area (Å²) in [5.74, 6) is 0.840. The smallest absolute Gasteiger partial charge is 0.302 e. The van der Waals surface area contributed by atoms with E-state index in [0.29, 0.717) is 29.2 Å². The second-order valence-corrected chi connectivity index (χ2v) is 6.73. The Balaban J connectivity index is 2.15. The lowest BCUT2D eigenvalue weighted by Crippen LogP contribution is -2.44. The van der Waals surface area contributed by atoms with Crippen molar-refractivity contribution >= 4 is 11.8 Å². The zero-order valence-corrected chi connectivity index (χ0v) is 12.7. The van der Waals surface area contributed by atoms with Crippen molar-refractivity contribution < 1.29 is 14.3 Å². The van der Waals surface area contributed by atoms with Crippen molar-refractivity contribution in [1.82, 2.24) is 0 Å². The summed E-state index contributed by atoms with van der Waals surface area (Å²) in [6, 6.07) is 0. The third-order valence-electron chi connectivity index (χ3n) is 4.84. The molecule has 0 N–H and O–H groups in total. The molecule has 0 aliphatic heterocycles. The summed E-state index contributed by atoms with van der Waals surface area (Å²) in [6.45, 7) is 10.2. The maximum Gasteiger partial charge on any atom is 0.302 e. The first kappa shape index (κ1) is 15.0. The van der Waals surface area contributed by atoms with Crippen molar-refractivity contribution in [2.45, 2.75) is 46.5 Å². The van der Waals surface area contributed by atoms with Crippen LogP contribution in [0, 0.1) is 17.3 Å². The number of esters is 1. The Morgan fingerprint density at radius 3 is 2.75 bits per heavy atom. The Bertz CT molecular complexity index is 471. The number of hydrogen-bond acceptors (Lipinski definition) is 3. The Hall–Kier alpha value is -1.38. The fourth-order valence-corrected chi connectivity index (χ4v) is 3.48. The third kappa shape index (κ3) is 3.02. The molecule has 0 heterocycles. The van der Waals surface area contributed by atoms with Crippen LogP contribution in [0.2, 0.25) is 0 Å². The summed E-state index contributed by atoms with van der Waals surface area (Å²) in [5.41, 5.74) is 2.17. The average molecular weight is 276 g/mol. The Kier molecular flexibility index (Phi) is 4.17. The molecule has 0 aromatic heterocycles. The normalized spacial score (nSPS) is 29.2. The lowest BCUT2D eigenvalue weighted by atomic mass is 9.52. The van der Waals surface area contributed by atoms with Crippen LogP contribution < -0.4 is 0 Å². The molecule has 3 nitrogen and oxygen atoms in total. The molecule has 2 atom stereocenters. The molecule has 0 aromatic carbocycles. The summed E-state index contributed by atoms with van der Waals surface area (Å²) in [6.07, 6.45) is 5.27. The van der Waals surface area contributed by atoms with Gasteiger partial charge in [-0.3, -0.25) is 9.59 Å². The monoisotopic (exact) mass is 276 g/mol. The highest BCUT2D eigenvalue weighted by molar-refractivity contribution is 5.96. The van der Waals surface area contributed by atoms with Gasteiger partial charge in [-0.1, -0.05) is 32.1 Å². The largest absolute Gasteiger partial charge is 0.461 e. The van der Waals surface area contributed by atoms with Crippen LogP contribution in [0.1, 0.15) is 46.5 Å². The molecule has 2 rings (SSSR count). The van der Waals surface area contributed by atoms with Crippen LogP contribution in [0.4, 0.5) is 0 Å². The van der Waals surface area contributed by atoms with E-state index in [9.17, 15) is 9.59 Å². The van der Waals surface area contributed by atoms with Crippen molar-refractivity contribution in [1.29, 1.82) is 0 Å². The molecule has 20 heavy (non-hydrogen) atoms. The van der Waals surface area contributed by atoms with E-state index in [1.54, 1.807) is 0 Å². The van der Waals surface area contributed by atoms with Crippen LogP contribution in [-0.2, 0) is 14.3 Å². The van der Waals surface area contributed by atoms with E-state index in [-0.39, 0.29) is 18.4 Å². The number of carbonyl (C=O) groups excluding carboxylic acids is 2. The van der Waals surface area contributed by atoms with Crippen LogP contribution in [0.3, 0.4) is 0 Å². The number of Topliss-reactive ketones (excluding diaryl/α,β-unsaturated/α-hetero) is 1. The van der Waals surface area contributed by atoms with E-state index >= 15 is 0 Å². The lowest BCUT2D eigenvalue weighted by molar-refractivity contribution is -0.140. The van der Waals surface area contributed by atoms with E-state index < -0.39 is 0 Å². The molecule has 0 amide bonds. The molecule has 0 saturated heterocycles. The minimum absolute atomic E-state index is 0.0894. The average Bonchev–Trinajstić information content (AvgIpc) is 2.40. The lowest BCUT2D eigenvalue weighted by Gasteiger charge is -2.52. The second kappa shape index (κ2) is 5.55. The number of hydrogen-bond donors (Lipinski definition) is 0. The minimum Gasteiger partial charge on any atom is -0.461 e. The molecule has 3 heteroatoms. The van der Waals surface area contributed by atoms with E-state index in [2.05, 4.69) is 20.4 Å². The van der Waals surface area contributed by atoms with Crippen LogP contribution >= 0.6 is 0 Å². The molecule has 1 saturated carbocycles. The summed E-state index contributed by atoms with van der Waals surface area (Å²) in [5, 5.41) is 0. The molecular formula is C17H24O3. The van der Waals surface area contributed by atoms with Gasteiger partial charge in [0.15, 0.2) is 5.78 Å². The predicted molar refractivity (Wildman–Crippen MR) is 78.1 cm³/mol. The molecule has 2 aliphatic carbocycles. The summed E-state index contributed by atoms with van der Waals surface area (Å²) in [4.78, 5) is 23.1. The third-order valence-corrected chi connectivity index (χ3v) is 4.84. The molecule has 110 valence electrons. The first-order valence-corrected chi connectivity index (χ1v) is 7.34. The Morgan fingerprint density at radius 1 is 1.45 bits per heavy atom. The van der Waals surface area contributed by atoms with Crippen LogP contribution in [0.5, 0.6) is 0 Å². The van der Waals surface area contributed by atoms with Gasteiger partial charge in [0.05, 0.1) is 0 Å². The van der Waals surface area contributed by atoms with Crippen molar-refractivity contribution in [3.05, 3.63) is 23.8 Å². The fraction of sp³-hybridized carbons (Fsp3) is 0.647. The minimum atomic E-state index is -0.343. The van der Waals surface area contributed by atoms with Crippen molar-refractivity contribution in [3.8, 4) is 0 Å². The number of fused-ring (bicyclic) bond motifs is 1. The van der Waals surface area contributed by atoms with Gasteiger partial charge in [-0.25, -0.2) is 0 Å². The van der Waals surface area contributed by atoms with Crippen molar-refractivity contribution in [2.75, 3.05) is 6.61 Å². The Morgan fingerprint density at radius 2 is 2.15 bits per heavy atom. The van der Waals surface area contributed by atoms with Gasteiger partial charge in [0, 0.05) is 18.9 Å². The van der Waals surface area contributed by atoms with Gasteiger partial charge in [0.2, 0.25) is 0 Å². The predicted octanol–water partition coefficient (Wildman–Crippen LogP) is 3.45. The van der Waals surface area contributed by atoms with Gasteiger partial charge in [-0.2, -0.15) is 0 Å². The first-order chi connectivity index (χ1) is 9.31. The SMILES string of the molecule is C=C1CCC(=O)C(COC(C)=O)=CCC2C1CC2(C)C. The van der Waals surface area contributed by atoms with Crippen molar-refractivity contribution in [2.24, 2.45) is 17.3 Å². The number of ketones is 1. The molecule has 2 unspecified atom stereocenters. The van der Waals surface area contributed by atoms with E-state index in [1.165, 1.54) is 12.5 Å². The fourth-order valence-electron chi connectivity index (χ4n) is 3.48. The maximum absolute atomic E-state index is 12.2. The van der Waals surface area contributed by atoms with Crippen LogP contribution in [0.25, 0.3) is 0 Å². The van der Waals surface area contributed by atoms with Gasteiger partial charge in [0.25, 0.3) is 0 Å². The number of allylic oxidation sites excluding steroid dienone is 2. The van der Waals surface area contributed by atoms with Crippen LogP contribution in [-0.4, -0.2) is 18.4 Å². The number of ether oxygens (including phenoxy) is 1. The standard InChI is InChI=1S/C17H24O3/c1-11-5-8-16(19)13(10-20-12(2)18)6-7-15-14(11)9-17(15,3)4/h6,14-15H,1,5,7-10H2,2-4H3. The second-order valence-electron chi connectivity index (χ2n) is 6.73. The van der Waals surface area contributed by atoms with Gasteiger partial charge in [-0.05, 0) is 36.5 Å². The van der Waals surface area contributed by atoms with Gasteiger partial charge in [0.1, 0.15) is 6.61 Å². The molecule has 0 bridgehead atoms. The van der Waals surface area contributed by atoms with Gasteiger partial charge in [-0.15, -0.1) is 0 Å². The summed E-state index contributed by atoms with van der Waals surface area (Å²) < 4.78 is 5.00. The molecule has 0 aromatic rings. The van der Waals surface area contributed by atoms with Gasteiger partial charge < -0.3 is 4.74 Å². The molecule has 1 fully saturated rings. The first-order valence-electron chi connectivity index (χ1n) is 7.34. The topological polar surface area (TPSA) is 43.4 Å². The van der Waals surface area contributed by atoms with Crippen molar-refractivity contribution in [3.63, 3.8) is 0 Å². The van der Waals surface area contributed by atoms with E-state index in [4.69, 9.17) is 4.74 Å². The molecule has 2 aliphatic rings. The number of rotatable bonds is 2. The highest BCUT2D eigenvalue weighted by Crippen LogP contribution is 2.56. The van der Waals surface area contributed by atoms with Gasteiger partial charge >= 0.3 is 5.97 Å². The van der Waals surface area contributed by atoms with E-state index in [0.717, 1.165) is 19.3 Å². The maximum atomic E-state index is 12.2. The Labute approximate surface area is 121 Å². The zero-order chi connectivity index (χ0) is 14.9. The summed E-state index contributed by atoms with van der Waals surface area (Å²) in [7, 11) is 0. The van der Waals surface area contributed by atoms with Crippen LogP contribution in [0.15, 0.2) is 23.8 Å². The molecule has 0 radical (unpaired) electrons. The summed E-state index contributed by atoms with van der Waals surface area (Å²) >= 11 is 0. The molecular weight excluding hydrogens is 252 g/mol. The number of carbonyl (C=O) groups is 2. The zero-order valence-electron chi connectivity index (χ0n) is 12.7. The highest BCUT2D eigenvalue weighted by Gasteiger charge is 2.47. The molecule has 0 spiro atoms.